The molecule has 1 aliphatic rings. The lowest BCUT2D eigenvalue weighted by atomic mass is 9.98. The predicted molar refractivity (Wildman–Crippen MR) is 177 cm³/mol. The molecule has 0 aromatic heterocycles. The fourth-order valence-corrected chi connectivity index (χ4v) is 6.66. The number of hydrogen-bond acceptors (Lipinski definition) is 7. The van der Waals surface area contributed by atoms with Crippen LogP contribution >= 0.6 is 0 Å². The summed E-state index contributed by atoms with van der Waals surface area (Å²) in [4.78, 5) is 26.1. The highest BCUT2D eigenvalue weighted by Gasteiger charge is 2.29. The molecule has 5 aromatic rings. The Morgan fingerprint density at radius 3 is 1.87 bits per heavy atom. The van der Waals surface area contributed by atoms with Crippen molar-refractivity contribution in [2.45, 2.75) is 36.3 Å². The van der Waals surface area contributed by atoms with Crippen LogP contribution in [0.1, 0.15) is 34.6 Å². The summed E-state index contributed by atoms with van der Waals surface area (Å²) in [7, 11) is -4.00. The number of ether oxygens (including phenoxy) is 2. The predicted octanol–water partition coefficient (Wildman–Crippen LogP) is 7.04. The zero-order chi connectivity index (χ0) is 32.6. The van der Waals surface area contributed by atoms with E-state index >= 15 is 0 Å². The van der Waals surface area contributed by atoms with Gasteiger partial charge in [0.05, 0.1) is 6.42 Å². The summed E-state index contributed by atoms with van der Waals surface area (Å²) in [6.07, 6.45) is -0.491. The molecule has 0 saturated heterocycles. The molecule has 47 heavy (non-hydrogen) atoms. The van der Waals surface area contributed by atoms with E-state index in [1.54, 1.807) is 30.3 Å². The highest BCUT2D eigenvalue weighted by molar-refractivity contribution is 7.87. The van der Waals surface area contributed by atoms with Crippen molar-refractivity contribution >= 4 is 22.2 Å². The molecule has 8 nitrogen and oxygen atoms in total. The van der Waals surface area contributed by atoms with Crippen LogP contribution in [0.5, 0.6) is 5.75 Å². The van der Waals surface area contributed by atoms with Crippen molar-refractivity contribution in [2.75, 3.05) is 6.61 Å². The molecule has 0 bridgehead atoms. The third-order valence-corrected chi connectivity index (χ3v) is 9.23. The quantitative estimate of drug-likeness (QED) is 0.114. The van der Waals surface area contributed by atoms with E-state index in [9.17, 15) is 18.0 Å². The Kier molecular flexibility index (Phi) is 9.64. The Morgan fingerprint density at radius 2 is 1.23 bits per heavy atom. The number of nitrogens with one attached hydrogen (secondary N) is 1. The summed E-state index contributed by atoms with van der Waals surface area (Å²) < 4.78 is 41.8. The minimum Gasteiger partial charge on any atom is -0.461 e. The maximum atomic E-state index is 13.2. The zero-order valence-corrected chi connectivity index (χ0v) is 26.3. The van der Waals surface area contributed by atoms with Crippen molar-refractivity contribution < 1.29 is 31.7 Å². The van der Waals surface area contributed by atoms with Crippen LogP contribution in [0.2, 0.25) is 0 Å². The molecule has 5 aromatic carbocycles. The van der Waals surface area contributed by atoms with Gasteiger partial charge in [0.25, 0.3) is 0 Å². The van der Waals surface area contributed by atoms with Gasteiger partial charge in [-0.25, -0.2) is 4.79 Å². The summed E-state index contributed by atoms with van der Waals surface area (Å²) in [5.41, 5.74) is 6.04. The van der Waals surface area contributed by atoms with Gasteiger partial charge < -0.3 is 19.0 Å². The second kappa shape index (κ2) is 14.3. The minimum absolute atomic E-state index is 0.0467. The molecule has 9 heteroatoms. The van der Waals surface area contributed by atoms with E-state index in [1.807, 2.05) is 66.7 Å². The van der Waals surface area contributed by atoms with Crippen LogP contribution in [0.15, 0.2) is 138 Å². The number of carbonyl (C=O) groups excluding carboxylic acids is 2. The van der Waals surface area contributed by atoms with E-state index in [0.717, 1.165) is 33.4 Å². The van der Waals surface area contributed by atoms with Gasteiger partial charge in [0.15, 0.2) is 0 Å². The SMILES string of the molecule is O=C(CC(Cc1ccc(OS(=O)(=O)c2ccccc2)cc1)NC(=O)OCC1c2ccccc2-c2ccccc21)OCc1ccccc1. The largest absolute Gasteiger partial charge is 0.461 e. The maximum Gasteiger partial charge on any atom is 0.407 e. The van der Waals surface area contributed by atoms with Crippen LogP contribution in [-0.4, -0.2) is 33.1 Å². The molecule has 1 N–H and O–H groups in total. The Morgan fingerprint density at radius 1 is 0.660 bits per heavy atom. The van der Waals surface area contributed by atoms with Crippen LogP contribution in [0.3, 0.4) is 0 Å². The summed E-state index contributed by atoms with van der Waals surface area (Å²) in [6, 6.07) is 39.2. The highest BCUT2D eigenvalue weighted by atomic mass is 32.2. The Labute approximate surface area is 274 Å². The van der Waals surface area contributed by atoms with Gasteiger partial charge in [-0.05, 0) is 64.1 Å². The van der Waals surface area contributed by atoms with Crippen LogP contribution in [0, 0.1) is 0 Å². The number of hydrogen-bond donors (Lipinski definition) is 1. The third kappa shape index (κ3) is 7.88. The fourth-order valence-electron chi connectivity index (χ4n) is 5.71. The monoisotopic (exact) mass is 647 g/mol. The van der Waals surface area contributed by atoms with Gasteiger partial charge in [-0.1, -0.05) is 109 Å². The molecular weight excluding hydrogens is 614 g/mol. The van der Waals surface area contributed by atoms with Crippen LogP contribution in [-0.2, 0) is 37.4 Å². The average Bonchev–Trinajstić information content (AvgIpc) is 3.41. The van der Waals surface area contributed by atoms with Crippen LogP contribution < -0.4 is 9.50 Å². The molecule has 1 unspecified atom stereocenters. The Hall–Kier alpha value is -5.41. The molecule has 0 radical (unpaired) electrons. The lowest BCUT2D eigenvalue weighted by molar-refractivity contribution is -0.145. The smallest absolute Gasteiger partial charge is 0.407 e. The molecule has 0 aliphatic heterocycles. The van der Waals surface area contributed by atoms with Gasteiger partial charge in [-0.15, -0.1) is 0 Å². The Bertz CT molecular complexity index is 1900. The lowest BCUT2D eigenvalue weighted by Gasteiger charge is -2.20. The van der Waals surface area contributed by atoms with Crippen molar-refractivity contribution in [3.8, 4) is 16.9 Å². The van der Waals surface area contributed by atoms with E-state index < -0.39 is 28.2 Å². The van der Waals surface area contributed by atoms with Crippen molar-refractivity contribution in [1.82, 2.24) is 5.32 Å². The first-order chi connectivity index (χ1) is 22.9. The molecule has 0 saturated carbocycles. The van der Waals surface area contributed by atoms with E-state index in [0.29, 0.717) is 0 Å². The molecule has 1 amide bonds. The minimum atomic E-state index is -4.00. The van der Waals surface area contributed by atoms with Crippen molar-refractivity contribution in [1.29, 1.82) is 0 Å². The third-order valence-electron chi connectivity index (χ3n) is 7.96. The zero-order valence-electron chi connectivity index (χ0n) is 25.5. The van der Waals surface area contributed by atoms with Gasteiger partial charge >= 0.3 is 22.2 Å². The number of benzene rings is 5. The van der Waals surface area contributed by atoms with Crippen molar-refractivity contribution in [2.24, 2.45) is 0 Å². The normalized spacial score (nSPS) is 12.8. The molecule has 1 atom stereocenters. The second-order valence-electron chi connectivity index (χ2n) is 11.2. The topological polar surface area (TPSA) is 108 Å². The van der Waals surface area contributed by atoms with Gasteiger partial charge in [-0.2, -0.15) is 8.42 Å². The van der Waals surface area contributed by atoms with E-state index in [2.05, 4.69) is 17.4 Å². The van der Waals surface area contributed by atoms with Gasteiger partial charge in [0.2, 0.25) is 0 Å². The number of esters is 1. The first-order valence-electron chi connectivity index (χ1n) is 15.3. The molecule has 0 heterocycles. The molecule has 1 aliphatic carbocycles. The first-order valence-corrected chi connectivity index (χ1v) is 16.7. The van der Waals surface area contributed by atoms with E-state index in [4.69, 9.17) is 13.7 Å². The highest BCUT2D eigenvalue weighted by Crippen LogP contribution is 2.44. The Balaban J connectivity index is 1.12. The first kappa shape index (κ1) is 31.6. The average molecular weight is 648 g/mol. The molecule has 238 valence electrons. The molecule has 0 spiro atoms. The maximum absolute atomic E-state index is 13.2. The fraction of sp³-hybridized carbons (Fsp3) is 0.158. The molecule has 0 fully saturated rings. The van der Waals surface area contributed by atoms with Gasteiger partial charge in [0, 0.05) is 12.0 Å². The van der Waals surface area contributed by atoms with E-state index in [-0.39, 0.29) is 42.6 Å². The lowest BCUT2D eigenvalue weighted by Crippen LogP contribution is -2.39. The summed E-state index contributed by atoms with van der Waals surface area (Å²) >= 11 is 0. The van der Waals surface area contributed by atoms with E-state index in [1.165, 1.54) is 24.3 Å². The summed E-state index contributed by atoms with van der Waals surface area (Å²) in [6.45, 7) is 0.242. The number of fused-ring (bicyclic) bond motifs is 3. The van der Waals surface area contributed by atoms with Crippen molar-refractivity contribution in [3.05, 3.63) is 156 Å². The van der Waals surface area contributed by atoms with Crippen LogP contribution in [0.25, 0.3) is 11.1 Å². The van der Waals surface area contributed by atoms with Crippen molar-refractivity contribution in [3.63, 3.8) is 0 Å². The number of carbonyl (C=O) groups is 2. The summed E-state index contributed by atoms with van der Waals surface area (Å²) in [5.74, 6) is -0.449. The number of alkyl carbamates (subject to hydrolysis) is 1. The number of amides is 1. The van der Waals surface area contributed by atoms with Gasteiger partial charge in [-0.3, -0.25) is 4.79 Å². The number of rotatable bonds is 12. The standard InChI is InChI=1S/C38H33NO7S/c40-37(44-25-28-11-3-1-4-12-28)24-29(23-27-19-21-30(22-20-27)46-47(42,43)31-13-5-2-6-14-31)39-38(41)45-26-36-34-17-9-7-15-32(34)33-16-8-10-18-35(33)36/h1-22,29,36H,23-26H2,(H,39,41). The molecule has 6 rings (SSSR count). The molecular formula is C38H33NO7S. The summed E-state index contributed by atoms with van der Waals surface area (Å²) in [5, 5.41) is 2.85. The van der Waals surface area contributed by atoms with Gasteiger partial charge in [0.1, 0.15) is 23.9 Å². The second-order valence-corrected chi connectivity index (χ2v) is 12.8. The van der Waals surface area contributed by atoms with Crippen LogP contribution in [0.4, 0.5) is 4.79 Å².